The molecule has 0 bridgehead atoms. The largest absolute Gasteiger partial charge is 0.478 e. The molecule has 0 aliphatic rings. The molecule has 24 heavy (non-hydrogen) atoms. The lowest BCUT2D eigenvalue weighted by molar-refractivity contribution is 0.0633. The molecule has 0 saturated heterocycles. The van der Waals surface area contributed by atoms with Crippen molar-refractivity contribution in [1.29, 1.82) is 0 Å². The van der Waals surface area contributed by atoms with E-state index in [1.54, 1.807) is 0 Å². The van der Waals surface area contributed by atoms with Crippen LogP contribution in [0.5, 0.6) is 5.75 Å². The van der Waals surface area contributed by atoms with E-state index in [9.17, 15) is 24.3 Å². The highest BCUT2D eigenvalue weighted by Gasteiger charge is 2.24. The topological polar surface area (TPSA) is 138 Å². The fourth-order valence-electron chi connectivity index (χ4n) is 2.02. The van der Waals surface area contributed by atoms with E-state index in [4.69, 9.17) is 14.9 Å². The third kappa shape index (κ3) is 3.22. The van der Waals surface area contributed by atoms with Crippen molar-refractivity contribution >= 4 is 23.9 Å². The Balaban J connectivity index is 2.48. The van der Waals surface area contributed by atoms with Gasteiger partial charge in [-0.15, -0.1) is 0 Å². The molecule has 0 saturated carbocycles. The number of carboxylic acids is 3. The third-order valence-corrected chi connectivity index (χ3v) is 3.05. The van der Waals surface area contributed by atoms with Gasteiger partial charge in [-0.3, -0.25) is 0 Å². The summed E-state index contributed by atoms with van der Waals surface area (Å²) < 4.78 is 4.93. The maximum atomic E-state index is 12.2. The number of carboxylic acid groups (broad SMARTS) is 3. The average Bonchev–Trinajstić information content (AvgIpc) is 2.54. The molecule has 0 spiro atoms. The molecule has 3 N–H and O–H groups in total. The highest BCUT2D eigenvalue weighted by atomic mass is 16.5. The second kappa shape index (κ2) is 6.61. The van der Waals surface area contributed by atoms with E-state index in [0.29, 0.717) is 0 Å². The van der Waals surface area contributed by atoms with Crippen LogP contribution in [0.15, 0.2) is 42.5 Å². The summed E-state index contributed by atoms with van der Waals surface area (Å²) in [6.45, 7) is 0. The Morgan fingerprint density at radius 3 is 1.75 bits per heavy atom. The van der Waals surface area contributed by atoms with Crippen LogP contribution in [0.1, 0.15) is 41.4 Å². The van der Waals surface area contributed by atoms with Crippen molar-refractivity contribution in [3.8, 4) is 5.75 Å². The van der Waals surface area contributed by atoms with Crippen molar-refractivity contribution < 1.29 is 39.2 Å². The van der Waals surface area contributed by atoms with E-state index in [1.165, 1.54) is 30.3 Å². The fourth-order valence-corrected chi connectivity index (χ4v) is 2.02. The number of carbonyl (C=O) groups excluding carboxylic acids is 1. The second-order valence-electron chi connectivity index (χ2n) is 4.53. The van der Waals surface area contributed by atoms with Gasteiger partial charge in [-0.25, -0.2) is 19.2 Å². The van der Waals surface area contributed by atoms with Crippen molar-refractivity contribution in [2.45, 2.75) is 0 Å². The van der Waals surface area contributed by atoms with Crippen LogP contribution >= 0.6 is 0 Å². The molecule has 0 aliphatic carbocycles. The molecule has 0 unspecified atom stereocenters. The van der Waals surface area contributed by atoms with Crippen LogP contribution in [-0.2, 0) is 0 Å². The molecule has 2 rings (SSSR count). The van der Waals surface area contributed by atoms with Gasteiger partial charge in [0.05, 0.1) is 16.7 Å². The summed E-state index contributed by atoms with van der Waals surface area (Å²) in [4.78, 5) is 45.7. The van der Waals surface area contributed by atoms with Gasteiger partial charge in [0.15, 0.2) is 0 Å². The first-order valence-electron chi connectivity index (χ1n) is 6.47. The first kappa shape index (κ1) is 16.7. The van der Waals surface area contributed by atoms with Crippen molar-refractivity contribution in [1.82, 2.24) is 0 Å². The van der Waals surface area contributed by atoms with Crippen molar-refractivity contribution in [2.24, 2.45) is 0 Å². The number of carbonyl (C=O) groups is 4. The molecule has 0 fully saturated rings. The number of hydrogen-bond acceptors (Lipinski definition) is 5. The Labute approximate surface area is 134 Å². The van der Waals surface area contributed by atoms with Gasteiger partial charge < -0.3 is 20.1 Å². The predicted octanol–water partition coefficient (Wildman–Crippen LogP) is 2.00. The third-order valence-electron chi connectivity index (χ3n) is 3.05. The number of ether oxygens (including phenoxy) is 1. The summed E-state index contributed by atoms with van der Waals surface area (Å²) in [7, 11) is 0. The number of esters is 1. The highest BCUT2D eigenvalue weighted by Crippen LogP contribution is 2.24. The van der Waals surface area contributed by atoms with Crippen molar-refractivity contribution in [2.75, 3.05) is 0 Å². The molecule has 0 radical (unpaired) electrons. The molecule has 0 heterocycles. The van der Waals surface area contributed by atoms with Gasteiger partial charge in [0.1, 0.15) is 11.3 Å². The van der Waals surface area contributed by atoms with Gasteiger partial charge in [-0.05, 0) is 24.3 Å². The molecule has 122 valence electrons. The molecule has 0 aliphatic heterocycles. The van der Waals surface area contributed by atoms with Crippen LogP contribution < -0.4 is 4.74 Å². The molecule has 8 nitrogen and oxygen atoms in total. The highest BCUT2D eigenvalue weighted by molar-refractivity contribution is 6.06. The minimum Gasteiger partial charge on any atom is -0.478 e. The molecule has 2 aromatic carbocycles. The lowest BCUT2D eigenvalue weighted by atomic mass is 10.1. The normalized spacial score (nSPS) is 10.0. The van der Waals surface area contributed by atoms with Crippen LogP contribution in [0.25, 0.3) is 0 Å². The number of benzene rings is 2. The number of aromatic carboxylic acids is 3. The maximum Gasteiger partial charge on any atom is 0.344 e. The Bertz CT molecular complexity index is 853. The van der Waals surface area contributed by atoms with Crippen LogP contribution in [0.4, 0.5) is 0 Å². The Morgan fingerprint density at radius 2 is 1.21 bits per heavy atom. The van der Waals surface area contributed by atoms with E-state index in [2.05, 4.69) is 0 Å². The number of hydrogen-bond donors (Lipinski definition) is 3. The maximum absolute atomic E-state index is 12.2. The van der Waals surface area contributed by atoms with Gasteiger partial charge in [0.2, 0.25) is 0 Å². The van der Waals surface area contributed by atoms with Crippen LogP contribution in [0.3, 0.4) is 0 Å². The summed E-state index contributed by atoms with van der Waals surface area (Å²) in [5.41, 5.74) is -1.87. The Kier molecular flexibility index (Phi) is 4.60. The summed E-state index contributed by atoms with van der Waals surface area (Å²) in [5, 5.41) is 27.3. The number of rotatable bonds is 5. The van der Waals surface area contributed by atoms with Gasteiger partial charge in [0.25, 0.3) is 0 Å². The molecular weight excluding hydrogens is 320 g/mol. The Hall–Kier alpha value is -3.68. The minimum absolute atomic E-state index is 0.290. The zero-order valence-electron chi connectivity index (χ0n) is 11.9. The van der Waals surface area contributed by atoms with Crippen LogP contribution in [0, 0.1) is 0 Å². The van der Waals surface area contributed by atoms with Gasteiger partial charge in [0, 0.05) is 0 Å². The zero-order chi connectivity index (χ0) is 17.9. The lowest BCUT2D eigenvalue weighted by Gasteiger charge is -2.10. The van der Waals surface area contributed by atoms with Crippen molar-refractivity contribution in [3.05, 3.63) is 64.7 Å². The van der Waals surface area contributed by atoms with E-state index in [1.807, 2.05) is 0 Å². The van der Waals surface area contributed by atoms with E-state index < -0.39 is 40.8 Å². The summed E-state index contributed by atoms with van der Waals surface area (Å²) in [5.74, 6) is -6.07. The molecule has 8 heteroatoms. The Morgan fingerprint density at radius 1 is 0.667 bits per heavy atom. The molecule has 0 aromatic heterocycles. The quantitative estimate of drug-likeness (QED) is 0.559. The van der Waals surface area contributed by atoms with Gasteiger partial charge in [-0.1, -0.05) is 18.2 Å². The monoisotopic (exact) mass is 330 g/mol. The van der Waals surface area contributed by atoms with Gasteiger partial charge in [-0.2, -0.15) is 0 Å². The first-order chi connectivity index (χ1) is 11.3. The smallest absolute Gasteiger partial charge is 0.344 e. The average molecular weight is 330 g/mol. The second-order valence-corrected chi connectivity index (χ2v) is 4.53. The molecule has 0 amide bonds. The summed E-state index contributed by atoms with van der Waals surface area (Å²) >= 11 is 0. The molecule has 0 atom stereocenters. The minimum atomic E-state index is -1.60. The standard InChI is InChI=1S/C16H10O8/c17-13(18)8-4-1-2-5-9(8)16(23)24-11-7-3-6-10(14(19)20)12(11)15(21)22/h1-7H,(H,17,18)(H,19,20)(H,21,22). The van der Waals surface area contributed by atoms with Crippen LogP contribution in [0.2, 0.25) is 0 Å². The van der Waals surface area contributed by atoms with E-state index in [0.717, 1.165) is 12.1 Å². The van der Waals surface area contributed by atoms with Crippen LogP contribution in [-0.4, -0.2) is 39.2 Å². The summed E-state index contributed by atoms with van der Waals surface area (Å²) in [6, 6.07) is 8.58. The zero-order valence-corrected chi connectivity index (χ0v) is 11.9. The lowest BCUT2D eigenvalue weighted by Crippen LogP contribution is -2.17. The van der Waals surface area contributed by atoms with E-state index >= 15 is 0 Å². The SMILES string of the molecule is O=C(O)c1ccccc1C(=O)Oc1cccc(C(=O)O)c1C(=O)O. The summed E-state index contributed by atoms with van der Waals surface area (Å²) in [6.07, 6.45) is 0. The van der Waals surface area contributed by atoms with Gasteiger partial charge >= 0.3 is 23.9 Å². The first-order valence-corrected chi connectivity index (χ1v) is 6.47. The molecular formula is C16H10O8. The van der Waals surface area contributed by atoms with Crippen molar-refractivity contribution in [3.63, 3.8) is 0 Å². The fraction of sp³-hybridized carbons (Fsp3) is 0. The van der Waals surface area contributed by atoms with E-state index in [-0.39, 0.29) is 11.1 Å². The molecule has 2 aromatic rings. The predicted molar refractivity (Wildman–Crippen MR) is 78.7 cm³/mol.